The molecule has 2 unspecified atom stereocenters. The smallest absolute Gasteiger partial charge is 0.320 e. The van der Waals surface area contributed by atoms with Crippen LogP contribution in [0.15, 0.2) is 0 Å². The minimum atomic E-state index is -0.769. The van der Waals surface area contributed by atoms with Gasteiger partial charge in [-0.1, -0.05) is 6.42 Å². The number of hydrogen-bond acceptors (Lipinski definition) is 3. The largest absolute Gasteiger partial charge is 0.480 e. The number of nitrogens with one attached hydrogen (secondary N) is 1. The third kappa shape index (κ3) is 1.74. The van der Waals surface area contributed by atoms with Gasteiger partial charge in [-0.2, -0.15) is 0 Å². The molecule has 16 heavy (non-hydrogen) atoms. The lowest BCUT2D eigenvalue weighted by Crippen LogP contribution is -2.68. The molecule has 4 nitrogen and oxygen atoms in total. The molecule has 0 saturated heterocycles. The summed E-state index contributed by atoms with van der Waals surface area (Å²) < 4.78 is 5.72. The van der Waals surface area contributed by atoms with Crippen molar-refractivity contribution < 1.29 is 14.6 Å². The van der Waals surface area contributed by atoms with Crippen LogP contribution in [0.5, 0.6) is 0 Å². The Hall–Kier alpha value is -0.610. The van der Waals surface area contributed by atoms with Crippen LogP contribution in [0.2, 0.25) is 0 Å². The van der Waals surface area contributed by atoms with E-state index in [4.69, 9.17) is 9.84 Å². The van der Waals surface area contributed by atoms with Gasteiger partial charge in [0.1, 0.15) is 6.04 Å². The van der Waals surface area contributed by atoms with Gasteiger partial charge in [0.15, 0.2) is 0 Å². The molecule has 1 spiro atoms. The minimum Gasteiger partial charge on any atom is -0.480 e. The van der Waals surface area contributed by atoms with Crippen molar-refractivity contribution in [3.05, 3.63) is 0 Å². The third-order valence-electron chi connectivity index (χ3n) is 4.26. The molecule has 4 heteroatoms. The van der Waals surface area contributed by atoms with Crippen LogP contribution in [0.1, 0.15) is 39.5 Å². The highest BCUT2D eigenvalue weighted by Crippen LogP contribution is 2.57. The number of carboxylic acids is 1. The van der Waals surface area contributed by atoms with Gasteiger partial charge in [-0.3, -0.25) is 4.79 Å². The maximum absolute atomic E-state index is 10.8. The zero-order chi connectivity index (χ0) is 11.8. The van der Waals surface area contributed by atoms with Crippen LogP contribution in [0.3, 0.4) is 0 Å². The molecule has 0 aliphatic heterocycles. The molecule has 0 aromatic carbocycles. The molecule has 0 aromatic heterocycles. The van der Waals surface area contributed by atoms with Crippen LogP contribution in [-0.2, 0) is 9.53 Å². The number of aliphatic carboxylic acids is 1. The molecular formula is C12H21NO3. The second-order valence-electron chi connectivity index (χ2n) is 5.05. The number of carboxylic acid groups (broad SMARTS) is 1. The highest BCUT2D eigenvalue weighted by Gasteiger charge is 2.59. The summed E-state index contributed by atoms with van der Waals surface area (Å²) in [5.74, 6) is -0.769. The highest BCUT2D eigenvalue weighted by molar-refractivity contribution is 5.72. The van der Waals surface area contributed by atoms with Gasteiger partial charge in [0.2, 0.25) is 0 Å². The molecule has 2 aliphatic carbocycles. The van der Waals surface area contributed by atoms with Crippen LogP contribution >= 0.6 is 0 Å². The van der Waals surface area contributed by atoms with E-state index in [1.54, 1.807) is 6.92 Å². The van der Waals surface area contributed by atoms with Crippen molar-refractivity contribution in [2.75, 3.05) is 6.61 Å². The number of carbonyl (C=O) groups is 1. The first-order valence-electron chi connectivity index (χ1n) is 6.20. The van der Waals surface area contributed by atoms with Gasteiger partial charge in [-0.05, 0) is 33.1 Å². The normalized spacial score (nSPS) is 32.9. The standard InChI is InChI=1S/C12H21NO3/c1-3-16-10-7-9(12(10)5-4-6-12)13-8(2)11(14)15/h8-10,13H,3-7H2,1-2H3,(H,14,15)/t8-,9?,10?/m0/s1. The van der Waals surface area contributed by atoms with E-state index >= 15 is 0 Å². The molecule has 2 aliphatic rings. The fourth-order valence-electron chi connectivity index (χ4n) is 3.05. The first kappa shape index (κ1) is 11.9. The van der Waals surface area contributed by atoms with Crippen molar-refractivity contribution in [2.24, 2.45) is 5.41 Å². The van der Waals surface area contributed by atoms with Crippen LogP contribution in [0, 0.1) is 5.41 Å². The molecule has 2 rings (SSSR count). The maximum atomic E-state index is 10.8. The van der Waals surface area contributed by atoms with E-state index in [2.05, 4.69) is 5.32 Å². The average molecular weight is 227 g/mol. The van der Waals surface area contributed by atoms with Gasteiger partial charge in [-0.15, -0.1) is 0 Å². The first-order chi connectivity index (χ1) is 7.60. The summed E-state index contributed by atoms with van der Waals surface area (Å²) in [6, 6.07) is -0.117. The van der Waals surface area contributed by atoms with E-state index in [-0.39, 0.29) is 5.41 Å². The molecule has 0 amide bonds. The third-order valence-corrected chi connectivity index (χ3v) is 4.26. The predicted molar refractivity (Wildman–Crippen MR) is 60.3 cm³/mol. The summed E-state index contributed by atoms with van der Waals surface area (Å²) >= 11 is 0. The van der Waals surface area contributed by atoms with Crippen LogP contribution in [0.4, 0.5) is 0 Å². The van der Waals surface area contributed by atoms with E-state index < -0.39 is 12.0 Å². The second kappa shape index (κ2) is 4.34. The monoisotopic (exact) mass is 227 g/mol. The molecular weight excluding hydrogens is 206 g/mol. The van der Waals surface area contributed by atoms with Crippen molar-refractivity contribution in [2.45, 2.75) is 57.7 Å². The molecule has 0 bridgehead atoms. The number of ether oxygens (including phenoxy) is 1. The van der Waals surface area contributed by atoms with Crippen molar-refractivity contribution in [1.82, 2.24) is 5.32 Å². The van der Waals surface area contributed by atoms with Crippen LogP contribution in [-0.4, -0.2) is 35.9 Å². The minimum absolute atomic E-state index is 0.250. The van der Waals surface area contributed by atoms with Gasteiger partial charge in [0.25, 0.3) is 0 Å². The van der Waals surface area contributed by atoms with Crippen LogP contribution < -0.4 is 5.32 Å². The summed E-state index contributed by atoms with van der Waals surface area (Å²) in [5.41, 5.74) is 0.250. The van der Waals surface area contributed by atoms with Crippen molar-refractivity contribution >= 4 is 5.97 Å². The van der Waals surface area contributed by atoms with Gasteiger partial charge in [-0.25, -0.2) is 0 Å². The van der Waals surface area contributed by atoms with Crippen molar-refractivity contribution in [1.29, 1.82) is 0 Å². The fourth-order valence-corrected chi connectivity index (χ4v) is 3.05. The molecule has 0 heterocycles. The summed E-state index contributed by atoms with van der Waals surface area (Å²) in [4.78, 5) is 10.8. The number of rotatable bonds is 5. The Morgan fingerprint density at radius 1 is 1.62 bits per heavy atom. The van der Waals surface area contributed by atoms with E-state index in [0.717, 1.165) is 13.0 Å². The average Bonchev–Trinajstić information content (AvgIpc) is 2.12. The molecule has 2 saturated carbocycles. The molecule has 3 atom stereocenters. The van der Waals surface area contributed by atoms with Gasteiger partial charge in [0.05, 0.1) is 6.10 Å². The van der Waals surface area contributed by atoms with Gasteiger partial charge < -0.3 is 15.2 Å². The van der Waals surface area contributed by atoms with E-state index in [0.29, 0.717) is 12.1 Å². The predicted octanol–water partition coefficient (Wildman–Crippen LogP) is 1.40. The lowest BCUT2D eigenvalue weighted by atomic mass is 9.51. The maximum Gasteiger partial charge on any atom is 0.320 e. The topological polar surface area (TPSA) is 58.6 Å². The zero-order valence-corrected chi connectivity index (χ0v) is 10.0. The Morgan fingerprint density at radius 2 is 2.31 bits per heavy atom. The summed E-state index contributed by atoms with van der Waals surface area (Å²) in [6.45, 7) is 4.49. The van der Waals surface area contributed by atoms with Gasteiger partial charge in [0, 0.05) is 18.1 Å². The van der Waals surface area contributed by atoms with Gasteiger partial charge >= 0.3 is 5.97 Å². The molecule has 0 radical (unpaired) electrons. The number of hydrogen-bond donors (Lipinski definition) is 2. The fraction of sp³-hybridized carbons (Fsp3) is 0.917. The lowest BCUT2D eigenvalue weighted by Gasteiger charge is -2.61. The summed E-state index contributed by atoms with van der Waals surface area (Å²) in [7, 11) is 0. The van der Waals surface area contributed by atoms with E-state index in [1.165, 1.54) is 19.3 Å². The van der Waals surface area contributed by atoms with Crippen LogP contribution in [0.25, 0.3) is 0 Å². The Kier molecular flexibility index (Phi) is 3.22. The first-order valence-corrected chi connectivity index (χ1v) is 6.20. The van der Waals surface area contributed by atoms with Crippen molar-refractivity contribution in [3.8, 4) is 0 Å². The molecule has 92 valence electrons. The van der Waals surface area contributed by atoms with Crippen molar-refractivity contribution in [3.63, 3.8) is 0 Å². The Bertz CT molecular complexity index is 275. The Morgan fingerprint density at radius 3 is 2.75 bits per heavy atom. The highest BCUT2D eigenvalue weighted by atomic mass is 16.5. The molecule has 2 fully saturated rings. The zero-order valence-electron chi connectivity index (χ0n) is 10.0. The summed E-state index contributed by atoms with van der Waals surface area (Å²) in [6.07, 6.45) is 4.93. The lowest BCUT2D eigenvalue weighted by molar-refractivity contribution is -0.176. The quantitative estimate of drug-likeness (QED) is 0.745. The van der Waals surface area contributed by atoms with E-state index in [1.807, 2.05) is 6.92 Å². The Labute approximate surface area is 96.4 Å². The van der Waals surface area contributed by atoms with E-state index in [9.17, 15) is 4.79 Å². The second-order valence-corrected chi connectivity index (χ2v) is 5.05. The Balaban J connectivity index is 1.91. The molecule has 0 aromatic rings. The molecule has 2 N–H and O–H groups in total. The SMILES string of the molecule is CCOC1CC(N[C@@H](C)C(=O)O)C12CCC2. The summed E-state index contributed by atoms with van der Waals surface area (Å²) in [5, 5.41) is 12.1.